The molecule has 1 aromatic heterocycles. The van der Waals surface area contributed by atoms with Gasteiger partial charge in [-0.25, -0.2) is 0 Å². The molecule has 60 valence electrons. The van der Waals surface area contributed by atoms with E-state index in [1.54, 1.807) is 11.8 Å². The fourth-order valence-corrected chi connectivity index (χ4v) is 1.94. The standard InChI is InChI=1S/C6H9N3S2/c1-4(2)3-10-6-9-8-5(7)11-6/h1,3H2,2H3,(H2,7,8). The number of nitrogens with zero attached hydrogens (tertiary/aromatic N) is 2. The first-order valence-corrected chi connectivity index (χ1v) is 4.85. The van der Waals surface area contributed by atoms with Gasteiger partial charge in [-0.2, -0.15) is 0 Å². The van der Waals surface area contributed by atoms with Crippen molar-refractivity contribution >= 4 is 28.2 Å². The van der Waals surface area contributed by atoms with Gasteiger partial charge in [-0.1, -0.05) is 35.3 Å². The van der Waals surface area contributed by atoms with Crippen LogP contribution in [0.4, 0.5) is 5.13 Å². The third-order valence-electron chi connectivity index (χ3n) is 0.864. The zero-order chi connectivity index (χ0) is 8.27. The molecule has 1 aromatic rings. The molecule has 0 aliphatic heterocycles. The maximum Gasteiger partial charge on any atom is 0.203 e. The minimum absolute atomic E-state index is 0.522. The third kappa shape index (κ3) is 2.90. The Balaban J connectivity index is 2.45. The summed E-state index contributed by atoms with van der Waals surface area (Å²) in [4.78, 5) is 0. The molecule has 0 saturated heterocycles. The Labute approximate surface area is 73.7 Å². The predicted molar refractivity (Wildman–Crippen MR) is 49.9 cm³/mol. The van der Waals surface area contributed by atoms with E-state index in [0.717, 1.165) is 15.7 Å². The molecule has 1 heterocycles. The minimum Gasteiger partial charge on any atom is -0.374 e. The van der Waals surface area contributed by atoms with E-state index in [9.17, 15) is 0 Å². The van der Waals surface area contributed by atoms with Gasteiger partial charge in [0, 0.05) is 5.75 Å². The van der Waals surface area contributed by atoms with Crippen LogP contribution in [0.15, 0.2) is 16.5 Å². The van der Waals surface area contributed by atoms with Crippen LogP contribution in [-0.4, -0.2) is 16.0 Å². The molecular weight excluding hydrogens is 178 g/mol. The quantitative estimate of drug-likeness (QED) is 0.579. The molecule has 0 aliphatic carbocycles. The van der Waals surface area contributed by atoms with Gasteiger partial charge in [-0.15, -0.1) is 10.2 Å². The van der Waals surface area contributed by atoms with Gasteiger partial charge in [0.15, 0.2) is 4.34 Å². The van der Waals surface area contributed by atoms with Gasteiger partial charge in [0.25, 0.3) is 0 Å². The van der Waals surface area contributed by atoms with Gasteiger partial charge < -0.3 is 5.73 Å². The molecule has 0 aliphatic rings. The maximum absolute atomic E-state index is 5.39. The highest BCUT2D eigenvalue weighted by Crippen LogP contribution is 2.24. The molecule has 2 N–H and O–H groups in total. The lowest BCUT2D eigenvalue weighted by Gasteiger charge is -1.92. The summed E-state index contributed by atoms with van der Waals surface area (Å²) in [6.07, 6.45) is 0. The Morgan fingerprint density at radius 2 is 2.45 bits per heavy atom. The minimum atomic E-state index is 0.522. The van der Waals surface area contributed by atoms with E-state index in [1.165, 1.54) is 11.3 Å². The van der Waals surface area contributed by atoms with Crippen LogP contribution in [0.25, 0.3) is 0 Å². The van der Waals surface area contributed by atoms with E-state index in [1.807, 2.05) is 6.92 Å². The molecule has 0 unspecified atom stereocenters. The second kappa shape index (κ2) is 3.73. The van der Waals surface area contributed by atoms with Gasteiger partial charge in [-0.3, -0.25) is 0 Å². The van der Waals surface area contributed by atoms with Crippen molar-refractivity contribution in [1.82, 2.24) is 10.2 Å². The predicted octanol–water partition coefficient (Wildman–Crippen LogP) is 1.79. The first-order chi connectivity index (χ1) is 5.18. The average molecular weight is 187 g/mol. The Morgan fingerprint density at radius 1 is 1.73 bits per heavy atom. The van der Waals surface area contributed by atoms with Gasteiger partial charge in [0.2, 0.25) is 5.13 Å². The number of nitrogens with two attached hydrogens (primary N) is 1. The largest absolute Gasteiger partial charge is 0.374 e. The van der Waals surface area contributed by atoms with Crippen molar-refractivity contribution in [2.24, 2.45) is 0 Å². The van der Waals surface area contributed by atoms with E-state index in [0.29, 0.717) is 5.13 Å². The van der Waals surface area contributed by atoms with Crippen molar-refractivity contribution in [2.45, 2.75) is 11.3 Å². The highest BCUT2D eigenvalue weighted by molar-refractivity contribution is 8.01. The molecular formula is C6H9N3S2. The van der Waals surface area contributed by atoms with Crippen LogP contribution in [-0.2, 0) is 0 Å². The van der Waals surface area contributed by atoms with Crippen molar-refractivity contribution in [3.63, 3.8) is 0 Å². The Morgan fingerprint density at radius 3 is 2.91 bits per heavy atom. The second-order valence-electron chi connectivity index (χ2n) is 2.15. The van der Waals surface area contributed by atoms with Gasteiger partial charge in [0.1, 0.15) is 0 Å². The monoisotopic (exact) mass is 187 g/mol. The molecule has 0 amide bonds. The van der Waals surface area contributed by atoms with Crippen molar-refractivity contribution in [1.29, 1.82) is 0 Å². The lowest BCUT2D eigenvalue weighted by Crippen LogP contribution is -1.80. The van der Waals surface area contributed by atoms with Crippen molar-refractivity contribution in [3.05, 3.63) is 12.2 Å². The van der Waals surface area contributed by atoms with E-state index >= 15 is 0 Å². The highest BCUT2D eigenvalue weighted by atomic mass is 32.2. The summed E-state index contributed by atoms with van der Waals surface area (Å²) < 4.78 is 0.908. The molecule has 11 heavy (non-hydrogen) atoms. The summed E-state index contributed by atoms with van der Waals surface area (Å²) in [6.45, 7) is 5.76. The molecule has 0 fully saturated rings. The van der Waals surface area contributed by atoms with Crippen LogP contribution in [0, 0.1) is 0 Å². The molecule has 0 spiro atoms. The van der Waals surface area contributed by atoms with Crippen molar-refractivity contribution in [2.75, 3.05) is 11.5 Å². The van der Waals surface area contributed by atoms with Crippen LogP contribution < -0.4 is 5.73 Å². The number of hydrogen-bond donors (Lipinski definition) is 1. The van der Waals surface area contributed by atoms with E-state index in [-0.39, 0.29) is 0 Å². The van der Waals surface area contributed by atoms with Crippen LogP contribution in [0.2, 0.25) is 0 Å². The number of aromatic nitrogens is 2. The normalized spacial score (nSPS) is 9.91. The fraction of sp³-hybridized carbons (Fsp3) is 0.333. The lowest BCUT2D eigenvalue weighted by atomic mass is 10.4. The third-order valence-corrected chi connectivity index (χ3v) is 2.98. The number of thioether (sulfide) groups is 1. The van der Waals surface area contributed by atoms with E-state index in [4.69, 9.17) is 5.73 Å². The topological polar surface area (TPSA) is 51.8 Å². The molecule has 0 saturated carbocycles. The summed E-state index contributed by atoms with van der Waals surface area (Å²) in [5, 5.41) is 8.07. The van der Waals surface area contributed by atoms with Crippen LogP contribution >= 0.6 is 23.1 Å². The van der Waals surface area contributed by atoms with Crippen molar-refractivity contribution < 1.29 is 0 Å². The summed E-state index contributed by atoms with van der Waals surface area (Å²) in [7, 11) is 0. The molecule has 0 atom stereocenters. The number of hydrogen-bond acceptors (Lipinski definition) is 5. The lowest BCUT2D eigenvalue weighted by molar-refractivity contribution is 1.02. The summed E-state index contributed by atoms with van der Waals surface area (Å²) in [5.41, 5.74) is 6.52. The molecule has 0 radical (unpaired) electrons. The molecule has 1 rings (SSSR count). The Kier molecular flexibility index (Phi) is 2.90. The summed E-state index contributed by atoms with van der Waals surface area (Å²) in [6, 6.07) is 0. The summed E-state index contributed by atoms with van der Waals surface area (Å²) >= 11 is 3.02. The zero-order valence-electron chi connectivity index (χ0n) is 6.20. The zero-order valence-corrected chi connectivity index (χ0v) is 7.84. The van der Waals surface area contributed by atoms with E-state index in [2.05, 4.69) is 16.8 Å². The fourth-order valence-electron chi connectivity index (χ4n) is 0.464. The maximum atomic E-state index is 5.39. The summed E-state index contributed by atoms with van der Waals surface area (Å²) in [5.74, 6) is 0.884. The van der Waals surface area contributed by atoms with Gasteiger partial charge >= 0.3 is 0 Å². The number of anilines is 1. The number of rotatable bonds is 3. The SMILES string of the molecule is C=C(C)CSc1nnc(N)s1. The highest BCUT2D eigenvalue weighted by Gasteiger charge is 2.00. The average Bonchev–Trinajstić information content (AvgIpc) is 2.31. The number of nitrogen functional groups attached to an aromatic ring is 1. The van der Waals surface area contributed by atoms with Crippen LogP contribution in [0.3, 0.4) is 0 Å². The van der Waals surface area contributed by atoms with Gasteiger partial charge in [0.05, 0.1) is 0 Å². The molecule has 3 nitrogen and oxygen atoms in total. The van der Waals surface area contributed by atoms with Crippen LogP contribution in [0.1, 0.15) is 6.92 Å². The molecule has 5 heteroatoms. The Bertz CT molecular complexity index is 256. The smallest absolute Gasteiger partial charge is 0.203 e. The van der Waals surface area contributed by atoms with Gasteiger partial charge in [-0.05, 0) is 6.92 Å². The van der Waals surface area contributed by atoms with Crippen molar-refractivity contribution in [3.8, 4) is 0 Å². The van der Waals surface area contributed by atoms with Crippen LogP contribution in [0.5, 0.6) is 0 Å². The van der Waals surface area contributed by atoms with E-state index < -0.39 is 0 Å². The first kappa shape index (κ1) is 8.55. The Hall–Kier alpha value is -0.550. The second-order valence-corrected chi connectivity index (χ2v) is 4.38. The molecule has 0 bridgehead atoms. The molecule has 0 aromatic carbocycles. The first-order valence-electron chi connectivity index (χ1n) is 3.04.